The van der Waals surface area contributed by atoms with E-state index in [0.29, 0.717) is 16.4 Å². The molecule has 17 heavy (non-hydrogen) atoms. The summed E-state index contributed by atoms with van der Waals surface area (Å²) in [5.74, 6) is 0. The SMILES string of the molecule is CNC(=S)N/N=C(/C)c1ccccc1[N+](=O)[O-]. The number of para-hydroxylation sites is 1. The summed E-state index contributed by atoms with van der Waals surface area (Å²) in [4.78, 5) is 10.4. The van der Waals surface area contributed by atoms with Crippen molar-refractivity contribution in [3.8, 4) is 0 Å². The van der Waals surface area contributed by atoms with Crippen LogP contribution in [0.4, 0.5) is 5.69 Å². The number of hydrazone groups is 1. The lowest BCUT2D eigenvalue weighted by molar-refractivity contribution is -0.385. The maximum absolute atomic E-state index is 10.8. The standard InChI is InChI=1S/C10H12N4O2S/c1-7(12-13-10(17)11-2)8-5-3-4-6-9(8)14(15)16/h3-6H,1-2H3,(H2,11,13,17)/b12-7-. The highest BCUT2D eigenvalue weighted by atomic mass is 32.1. The number of nitro groups is 1. The van der Waals surface area contributed by atoms with E-state index in [1.54, 1.807) is 32.2 Å². The molecule has 6 nitrogen and oxygen atoms in total. The first-order valence-corrected chi connectivity index (χ1v) is 5.23. The molecule has 0 unspecified atom stereocenters. The number of rotatable bonds is 3. The van der Waals surface area contributed by atoms with Crippen LogP contribution < -0.4 is 10.7 Å². The van der Waals surface area contributed by atoms with Crippen molar-refractivity contribution >= 4 is 28.7 Å². The molecule has 1 rings (SSSR count). The van der Waals surface area contributed by atoms with Crippen molar-refractivity contribution in [2.24, 2.45) is 5.10 Å². The predicted molar refractivity (Wildman–Crippen MR) is 70.1 cm³/mol. The molecule has 0 bridgehead atoms. The van der Waals surface area contributed by atoms with Gasteiger partial charge in [0.15, 0.2) is 5.11 Å². The highest BCUT2D eigenvalue weighted by molar-refractivity contribution is 7.80. The Labute approximate surface area is 104 Å². The van der Waals surface area contributed by atoms with Gasteiger partial charge in [-0.2, -0.15) is 5.10 Å². The minimum Gasteiger partial charge on any atom is -0.364 e. The molecule has 0 aromatic heterocycles. The van der Waals surface area contributed by atoms with Gasteiger partial charge in [-0.25, -0.2) is 0 Å². The van der Waals surface area contributed by atoms with Crippen molar-refractivity contribution in [2.75, 3.05) is 7.05 Å². The number of hydrogen-bond donors (Lipinski definition) is 2. The smallest absolute Gasteiger partial charge is 0.278 e. The lowest BCUT2D eigenvalue weighted by Gasteiger charge is -2.04. The lowest BCUT2D eigenvalue weighted by atomic mass is 10.1. The van der Waals surface area contributed by atoms with Crippen LogP contribution in [0.3, 0.4) is 0 Å². The number of hydrogen-bond acceptors (Lipinski definition) is 4. The summed E-state index contributed by atoms with van der Waals surface area (Å²) < 4.78 is 0. The van der Waals surface area contributed by atoms with Gasteiger partial charge in [0.1, 0.15) is 0 Å². The fraction of sp³-hybridized carbons (Fsp3) is 0.200. The van der Waals surface area contributed by atoms with E-state index in [9.17, 15) is 10.1 Å². The third kappa shape index (κ3) is 3.49. The first-order valence-electron chi connectivity index (χ1n) is 4.82. The molecule has 0 aliphatic carbocycles. The Bertz CT molecular complexity index is 473. The van der Waals surface area contributed by atoms with Crippen LogP contribution in [0.25, 0.3) is 0 Å². The first kappa shape index (κ1) is 13.0. The molecule has 0 heterocycles. The van der Waals surface area contributed by atoms with E-state index in [0.717, 1.165) is 0 Å². The van der Waals surface area contributed by atoms with Crippen molar-refractivity contribution in [3.05, 3.63) is 39.9 Å². The van der Waals surface area contributed by atoms with E-state index in [2.05, 4.69) is 15.8 Å². The predicted octanol–water partition coefficient (Wildman–Crippen LogP) is 1.41. The third-order valence-corrected chi connectivity index (χ3v) is 2.34. The van der Waals surface area contributed by atoms with Crippen molar-refractivity contribution in [2.45, 2.75) is 6.92 Å². The summed E-state index contributed by atoms with van der Waals surface area (Å²) in [6, 6.07) is 6.41. The minimum absolute atomic E-state index is 0.0194. The van der Waals surface area contributed by atoms with E-state index in [-0.39, 0.29) is 5.69 Å². The molecule has 0 aliphatic heterocycles. The van der Waals surface area contributed by atoms with E-state index in [1.165, 1.54) is 6.07 Å². The van der Waals surface area contributed by atoms with E-state index < -0.39 is 4.92 Å². The molecular weight excluding hydrogens is 240 g/mol. The van der Waals surface area contributed by atoms with Gasteiger partial charge in [-0.05, 0) is 25.2 Å². The first-order chi connectivity index (χ1) is 8.06. The fourth-order valence-electron chi connectivity index (χ4n) is 1.19. The summed E-state index contributed by atoms with van der Waals surface area (Å²) >= 11 is 4.84. The topological polar surface area (TPSA) is 79.6 Å². The lowest BCUT2D eigenvalue weighted by Crippen LogP contribution is -2.29. The maximum atomic E-state index is 10.8. The highest BCUT2D eigenvalue weighted by Crippen LogP contribution is 2.18. The zero-order valence-corrected chi connectivity index (χ0v) is 10.2. The Hall–Kier alpha value is -2.02. The van der Waals surface area contributed by atoms with Crippen LogP contribution in [0.15, 0.2) is 29.4 Å². The van der Waals surface area contributed by atoms with E-state index >= 15 is 0 Å². The van der Waals surface area contributed by atoms with Gasteiger partial charge < -0.3 is 5.32 Å². The summed E-state index contributed by atoms with van der Waals surface area (Å²) in [5.41, 5.74) is 3.56. The molecule has 2 N–H and O–H groups in total. The van der Waals surface area contributed by atoms with Gasteiger partial charge in [0.2, 0.25) is 0 Å². The van der Waals surface area contributed by atoms with Gasteiger partial charge in [-0.1, -0.05) is 12.1 Å². The molecule has 1 aromatic rings. The van der Waals surface area contributed by atoms with Crippen LogP contribution in [0.1, 0.15) is 12.5 Å². The van der Waals surface area contributed by atoms with Crippen LogP contribution in [0, 0.1) is 10.1 Å². The van der Waals surface area contributed by atoms with E-state index in [4.69, 9.17) is 12.2 Å². The van der Waals surface area contributed by atoms with Crippen molar-refractivity contribution in [1.82, 2.24) is 10.7 Å². The van der Waals surface area contributed by atoms with Gasteiger partial charge >= 0.3 is 0 Å². The largest absolute Gasteiger partial charge is 0.364 e. The second kappa shape index (κ2) is 5.90. The second-order valence-corrected chi connectivity index (χ2v) is 3.57. The zero-order valence-electron chi connectivity index (χ0n) is 9.43. The quantitative estimate of drug-likeness (QED) is 0.368. The molecule has 0 aliphatic rings. The van der Waals surface area contributed by atoms with Crippen LogP contribution in [-0.4, -0.2) is 22.8 Å². The zero-order chi connectivity index (χ0) is 12.8. The van der Waals surface area contributed by atoms with Crippen molar-refractivity contribution < 1.29 is 4.92 Å². The molecule has 0 atom stereocenters. The Kier molecular flexibility index (Phi) is 4.53. The van der Waals surface area contributed by atoms with Crippen LogP contribution in [-0.2, 0) is 0 Å². The monoisotopic (exact) mass is 252 g/mol. The van der Waals surface area contributed by atoms with Crippen LogP contribution >= 0.6 is 12.2 Å². The Morgan fingerprint density at radius 3 is 2.71 bits per heavy atom. The Balaban J connectivity index is 2.99. The number of nitrogens with zero attached hydrogens (tertiary/aromatic N) is 2. The van der Waals surface area contributed by atoms with Crippen molar-refractivity contribution in [3.63, 3.8) is 0 Å². The Morgan fingerprint density at radius 2 is 2.12 bits per heavy atom. The second-order valence-electron chi connectivity index (χ2n) is 3.16. The van der Waals surface area contributed by atoms with Crippen LogP contribution in [0.2, 0.25) is 0 Å². The Morgan fingerprint density at radius 1 is 1.47 bits per heavy atom. The van der Waals surface area contributed by atoms with Gasteiger partial charge in [-0.3, -0.25) is 15.5 Å². The maximum Gasteiger partial charge on any atom is 0.278 e. The molecule has 0 amide bonds. The summed E-state index contributed by atoms with van der Waals surface area (Å²) in [6.07, 6.45) is 0. The average Bonchev–Trinajstić information content (AvgIpc) is 2.35. The molecule has 7 heteroatoms. The number of nitrogens with one attached hydrogen (secondary N) is 2. The minimum atomic E-state index is -0.440. The van der Waals surface area contributed by atoms with Crippen molar-refractivity contribution in [1.29, 1.82) is 0 Å². The van der Waals surface area contributed by atoms with Crippen LogP contribution in [0.5, 0.6) is 0 Å². The number of benzene rings is 1. The van der Waals surface area contributed by atoms with Gasteiger partial charge in [-0.15, -0.1) is 0 Å². The average molecular weight is 252 g/mol. The third-order valence-electron chi connectivity index (χ3n) is 2.04. The summed E-state index contributed by atoms with van der Waals surface area (Å²) in [6.45, 7) is 1.67. The molecule has 90 valence electrons. The highest BCUT2D eigenvalue weighted by Gasteiger charge is 2.14. The van der Waals surface area contributed by atoms with Gasteiger partial charge in [0, 0.05) is 13.1 Å². The fourth-order valence-corrected chi connectivity index (χ4v) is 1.24. The normalized spacial score (nSPS) is 10.8. The number of thiocarbonyl (C=S) groups is 1. The number of nitro benzene ring substituents is 1. The summed E-state index contributed by atoms with van der Waals surface area (Å²) in [7, 11) is 1.66. The molecule has 1 aromatic carbocycles. The van der Waals surface area contributed by atoms with Gasteiger partial charge in [0.05, 0.1) is 16.2 Å². The molecule has 0 saturated heterocycles. The molecule has 0 spiro atoms. The molecule has 0 radical (unpaired) electrons. The summed E-state index contributed by atoms with van der Waals surface area (Å²) in [5, 5.41) is 17.8. The van der Waals surface area contributed by atoms with E-state index in [1.807, 2.05) is 0 Å². The van der Waals surface area contributed by atoms with Gasteiger partial charge in [0.25, 0.3) is 5.69 Å². The molecule has 0 saturated carbocycles. The molecular formula is C10H12N4O2S. The molecule has 0 fully saturated rings.